The molecule has 0 aliphatic heterocycles. The zero-order valence-corrected chi connectivity index (χ0v) is 15.2. The first kappa shape index (κ1) is 17.4. The van der Waals surface area contributed by atoms with Gasteiger partial charge in [0, 0.05) is 38.0 Å². The first-order chi connectivity index (χ1) is 11.9. The number of nitrogens with one attached hydrogen (secondary N) is 1. The number of aromatic nitrogens is 1. The van der Waals surface area contributed by atoms with Gasteiger partial charge in [-0.2, -0.15) is 0 Å². The minimum Gasteiger partial charge on any atom is -0.298 e. The normalized spacial score (nSPS) is 12.0. The molecule has 128 valence electrons. The number of hydrogen-bond donors (Lipinski definition) is 1. The topological polar surface area (TPSA) is 59.1 Å². The van der Waals surface area contributed by atoms with Crippen LogP contribution in [0.5, 0.6) is 0 Å². The number of halogens is 1. The van der Waals surface area contributed by atoms with Crippen molar-refractivity contribution in [3.63, 3.8) is 0 Å². The lowest BCUT2D eigenvalue weighted by Crippen LogP contribution is -2.11. The minimum absolute atomic E-state index is 0.284. The lowest BCUT2D eigenvalue weighted by molar-refractivity contribution is 0.102. The van der Waals surface area contributed by atoms with E-state index in [1.807, 2.05) is 6.92 Å². The van der Waals surface area contributed by atoms with E-state index in [1.165, 1.54) is 23.5 Å². The zero-order chi connectivity index (χ0) is 18.0. The highest BCUT2D eigenvalue weighted by Gasteiger charge is 2.13. The van der Waals surface area contributed by atoms with E-state index in [4.69, 9.17) is 0 Å². The molecular weight excluding hydrogens is 359 g/mol. The summed E-state index contributed by atoms with van der Waals surface area (Å²) in [6, 6.07) is 12.7. The van der Waals surface area contributed by atoms with Gasteiger partial charge in [0.25, 0.3) is 5.91 Å². The first-order valence-corrected chi connectivity index (χ1v) is 9.79. The zero-order valence-electron chi connectivity index (χ0n) is 13.6. The highest BCUT2D eigenvalue weighted by molar-refractivity contribution is 7.84. The van der Waals surface area contributed by atoms with Gasteiger partial charge in [-0.1, -0.05) is 0 Å². The van der Waals surface area contributed by atoms with Crippen molar-refractivity contribution in [2.24, 2.45) is 0 Å². The third-order valence-electron chi connectivity index (χ3n) is 3.58. The van der Waals surface area contributed by atoms with Crippen LogP contribution in [0, 0.1) is 12.7 Å². The molecule has 0 spiro atoms. The van der Waals surface area contributed by atoms with E-state index in [-0.39, 0.29) is 11.7 Å². The molecule has 3 rings (SSSR count). The van der Waals surface area contributed by atoms with Crippen molar-refractivity contribution in [1.82, 2.24) is 4.98 Å². The number of rotatable bonds is 4. The monoisotopic (exact) mass is 374 g/mol. The molecule has 0 fully saturated rings. The number of carbonyl (C=O) groups excluding carboxylic acids is 1. The average Bonchev–Trinajstić information content (AvgIpc) is 2.96. The predicted octanol–water partition coefficient (Wildman–Crippen LogP) is 4.25. The maximum atomic E-state index is 13.1. The summed E-state index contributed by atoms with van der Waals surface area (Å²) in [5.41, 5.74) is 1.98. The summed E-state index contributed by atoms with van der Waals surface area (Å²) in [5.74, 6) is -0.588. The summed E-state index contributed by atoms with van der Waals surface area (Å²) in [7, 11) is -1.08. The lowest BCUT2D eigenvalue weighted by Gasteiger charge is -2.03. The number of amides is 1. The van der Waals surface area contributed by atoms with Gasteiger partial charge in [0.15, 0.2) is 5.13 Å². The highest BCUT2D eigenvalue weighted by atomic mass is 32.2. The molecule has 1 heterocycles. The van der Waals surface area contributed by atoms with Crippen LogP contribution >= 0.6 is 11.3 Å². The van der Waals surface area contributed by atoms with E-state index in [0.29, 0.717) is 15.6 Å². The van der Waals surface area contributed by atoms with Gasteiger partial charge >= 0.3 is 0 Å². The number of aryl methyl sites for hydroxylation is 1. The van der Waals surface area contributed by atoms with Crippen molar-refractivity contribution in [2.45, 2.75) is 11.8 Å². The fourth-order valence-electron chi connectivity index (χ4n) is 2.29. The lowest BCUT2D eigenvalue weighted by atomic mass is 10.1. The van der Waals surface area contributed by atoms with Crippen molar-refractivity contribution in [3.05, 3.63) is 64.8 Å². The molecule has 0 unspecified atom stereocenters. The smallest absolute Gasteiger partial charge is 0.257 e. The van der Waals surface area contributed by atoms with E-state index in [9.17, 15) is 13.4 Å². The molecule has 1 aromatic heterocycles. The molecule has 4 nitrogen and oxygen atoms in total. The summed E-state index contributed by atoms with van der Waals surface area (Å²) >= 11 is 1.36. The van der Waals surface area contributed by atoms with Gasteiger partial charge in [-0.15, -0.1) is 11.3 Å². The molecule has 0 bridgehead atoms. The van der Waals surface area contributed by atoms with Gasteiger partial charge in [-0.05, 0) is 55.5 Å². The van der Waals surface area contributed by atoms with Crippen LogP contribution in [0.1, 0.15) is 15.2 Å². The van der Waals surface area contributed by atoms with Crippen LogP contribution in [0.2, 0.25) is 0 Å². The number of nitrogens with zero attached hydrogens (tertiary/aromatic N) is 1. The summed E-state index contributed by atoms with van der Waals surface area (Å²) in [4.78, 5) is 18.4. The van der Waals surface area contributed by atoms with Crippen LogP contribution < -0.4 is 5.32 Å². The molecule has 25 heavy (non-hydrogen) atoms. The highest BCUT2D eigenvalue weighted by Crippen LogP contribution is 2.30. The molecule has 7 heteroatoms. The third kappa shape index (κ3) is 4.00. The number of thiazole rings is 1. The van der Waals surface area contributed by atoms with Crippen LogP contribution in [0.25, 0.3) is 11.3 Å². The second-order valence-corrected chi connectivity index (χ2v) is 7.95. The maximum absolute atomic E-state index is 13.1. The van der Waals surface area contributed by atoms with E-state index in [1.54, 1.807) is 42.7 Å². The Morgan fingerprint density at radius 3 is 2.36 bits per heavy atom. The van der Waals surface area contributed by atoms with Crippen LogP contribution in [-0.2, 0) is 10.8 Å². The Balaban J connectivity index is 1.79. The van der Waals surface area contributed by atoms with Crippen LogP contribution in [0.4, 0.5) is 9.52 Å². The SMILES string of the molecule is Cc1sc(NC(=O)c2ccc([S@@](C)=O)cc2)nc1-c1ccc(F)cc1. The second kappa shape index (κ2) is 7.25. The van der Waals surface area contributed by atoms with Gasteiger partial charge in [0.05, 0.1) is 5.69 Å². The van der Waals surface area contributed by atoms with Gasteiger partial charge in [0.1, 0.15) is 5.82 Å². The molecule has 0 radical (unpaired) electrons. The molecular formula is C18H15FN2O2S2. The number of anilines is 1. The number of hydrogen-bond acceptors (Lipinski definition) is 4. The first-order valence-electron chi connectivity index (χ1n) is 7.42. The summed E-state index contributed by atoms with van der Waals surface area (Å²) < 4.78 is 24.4. The molecule has 1 amide bonds. The average molecular weight is 374 g/mol. The second-order valence-electron chi connectivity index (χ2n) is 5.36. The van der Waals surface area contributed by atoms with Gasteiger partial charge in [-0.3, -0.25) is 14.3 Å². The maximum Gasteiger partial charge on any atom is 0.257 e. The molecule has 0 aliphatic rings. The van der Waals surface area contributed by atoms with Gasteiger partial charge < -0.3 is 0 Å². The van der Waals surface area contributed by atoms with Crippen molar-refractivity contribution in [2.75, 3.05) is 11.6 Å². The number of benzene rings is 2. The van der Waals surface area contributed by atoms with Crippen molar-refractivity contribution in [3.8, 4) is 11.3 Å². The number of carbonyl (C=O) groups is 1. The Bertz CT molecular complexity index is 935. The van der Waals surface area contributed by atoms with E-state index in [2.05, 4.69) is 10.3 Å². The summed E-state index contributed by atoms with van der Waals surface area (Å²) in [6.07, 6.45) is 1.59. The van der Waals surface area contributed by atoms with Gasteiger partial charge in [-0.25, -0.2) is 9.37 Å². The fraction of sp³-hybridized carbons (Fsp3) is 0.111. The molecule has 1 N–H and O–H groups in total. The molecule has 3 aromatic rings. The Hall–Kier alpha value is -2.38. The molecule has 2 aromatic carbocycles. The minimum atomic E-state index is -1.08. The predicted molar refractivity (Wildman–Crippen MR) is 99.0 cm³/mol. The quantitative estimate of drug-likeness (QED) is 0.743. The van der Waals surface area contributed by atoms with Crippen LogP contribution in [-0.4, -0.2) is 21.4 Å². The van der Waals surface area contributed by atoms with Crippen molar-refractivity contribution in [1.29, 1.82) is 0 Å². The van der Waals surface area contributed by atoms with Gasteiger partial charge in [0.2, 0.25) is 0 Å². The molecule has 0 saturated heterocycles. The van der Waals surface area contributed by atoms with Crippen molar-refractivity contribution < 1.29 is 13.4 Å². The van der Waals surface area contributed by atoms with Crippen LogP contribution in [0.3, 0.4) is 0 Å². The Morgan fingerprint density at radius 2 is 1.76 bits per heavy atom. The fourth-order valence-corrected chi connectivity index (χ4v) is 3.64. The van der Waals surface area contributed by atoms with Crippen molar-refractivity contribution >= 4 is 33.2 Å². The standard InChI is InChI=1S/C18H15FN2O2S2/c1-11-16(12-3-7-14(19)8-4-12)20-18(24-11)21-17(22)13-5-9-15(10-6-13)25(2)23/h3-10H,1-2H3,(H,20,21,22)/t25-/m1/s1. The molecule has 0 aliphatic carbocycles. The van der Waals surface area contributed by atoms with E-state index < -0.39 is 10.8 Å². The van der Waals surface area contributed by atoms with Crippen LogP contribution in [0.15, 0.2) is 53.4 Å². The molecule has 0 saturated carbocycles. The Morgan fingerprint density at radius 1 is 1.12 bits per heavy atom. The molecule has 1 atom stereocenters. The van der Waals surface area contributed by atoms with E-state index in [0.717, 1.165) is 16.1 Å². The Kier molecular flexibility index (Phi) is 5.06. The van der Waals surface area contributed by atoms with E-state index >= 15 is 0 Å². The summed E-state index contributed by atoms with van der Waals surface area (Å²) in [6.45, 7) is 1.90. The Labute approximate surface area is 151 Å². The largest absolute Gasteiger partial charge is 0.298 e. The third-order valence-corrected chi connectivity index (χ3v) is 5.41. The summed E-state index contributed by atoms with van der Waals surface area (Å²) in [5, 5.41) is 3.24.